The summed E-state index contributed by atoms with van der Waals surface area (Å²) in [6, 6.07) is 6.56. The van der Waals surface area contributed by atoms with Crippen LogP contribution in [-0.2, 0) is 14.3 Å². The molecule has 1 unspecified atom stereocenters. The first-order chi connectivity index (χ1) is 10.2. The Morgan fingerprint density at radius 1 is 1.14 bits per heavy atom. The van der Waals surface area contributed by atoms with Crippen molar-refractivity contribution in [3.63, 3.8) is 0 Å². The van der Waals surface area contributed by atoms with Crippen LogP contribution in [0, 0.1) is 0 Å². The van der Waals surface area contributed by atoms with E-state index < -0.39 is 24.2 Å². The molecule has 0 fully saturated rings. The highest BCUT2D eigenvalue weighted by molar-refractivity contribution is 9.10. The molecule has 0 heterocycles. The van der Waals surface area contributed by atoms with Gasteiger partial charge in [-0.05, 0) is 37.6 Å². The predicted molar refractivity (Wildman–Crippen MR) is 75.2 cm³/mol. The number of carbonyl (C=O) groups excluding carboxylic acids is 2. The van der Waals surface area contributed by atoms with E-state index >= 15 is 0 Å². The Balaban J connectivity index is 2.27. The van der Waals surface area contributed by atoms with Crippen LogP contribution in [0.4, 0.5) is 13.2 Å². The Kier molecular flexibility index (Phi) is 6.86. The topological polar surface area (TPSA) is 52.6 Å². The number of rotatable bonds is 6. The van der Waals surface area contributed by atoms with Crippen molar-refractivity contribution in [3.05, 3.63) is 28.7 Å². The first-order valence-electron chi connectivity index (χ1n) is 6.41. The Morgan fingerprint density at radius 3 is 2.23 bits per heavy atom. The first-order valence-corrected chi connectivity index (χ1v) is 7.20. The Hall–Kier alpha value is -1.57. The minimum absolute atomic E-state index is 0.0543. The fourth-order valence-electron chi connectivity index (χ4n) is 1.39. The zero-order valence-electron chi connectivity index (χ0n) is 11.7. The molecule has 0 bridgehead atoms. The van der Waals surface area contributed by atoms with E-state index in [4.69, 9.17) is 4.74 Å². The highest BCUT2D eigenvalue weighted by atomic mass is 79.9. The molecule has 22 heavy (non-hydrogen) atoms. The van der Waals surface area contributed by atoms with E-state index in [2.05, 4.69) is 20.7 Å². The molecule has 1 rings (SSSR count). The normalized spacial score (nSPS) is 12.6. The third-order valence-corrected chi connectivity index (χ3v) is 3.10. The second-order valence-corrected chi connectivity index (χ2v) is 5.37. The second-order valence-electron chi connectivity index (χ2n) is 4.46. The van der Waals surface area contributed by atoms with Crippen molar-refractivity contribution in [2.75, 3.05) is 0 Å². The maximum absolute atomic E-state index is 12.2. The van der Waals surface area contributed by atoms with E-state index in [9.17, 15) is 22.8 Å². The molecule has 0 radical (unpaired) electrons. The summed E-state index contributed by atoms with van der Waals surface area (Å²) in [6.45, 7) is 0.750. The van der Waals surface area contributed by atoms with Crippen LogP contribution in [0.2, 0.25) is 0 Å². The molecule has 0 spiro atoms. The van der Waals surface area contributed by atoms with Gasteiger partial charge in [0.25, 0.3) is 0 Å². The van der Waals surface area contributed by atoms with Crippen molar-refractivity contribution in [2.45, 2.75) is 38.5 Å². The summed E-state index contributed by atoms with van der Waals surface area (Å²) in [5.41, 5.74) is 0. The summed E-state index contributed by atoms with van der Waals surface area (Å²) in [7, 11) is 0. The van der Waals surface area contributed by atoms with E-state index in [-0.39, 0.29) is 19.3 Å². The van der Waals surface area contributed by atoms with Crippen LogP contribution in [-0.4, -0.2) is 24.2 Å². The predicted octanol–water partition coefficient (Wildman–Crippen LogP) is 4.02. The molecule has 1 atom stereocenters. The maximum Gasteiger partial charge on any atom is 0.425 e. The van der Waals surface area contributed by atoms with Crippen molar-refractivity contribution in [3.8, 4) is 5.75 Å². The van der Waals surface area contributed by atoms with Gasteiger partial charge in [-0.3, -0.25) is 9.59 Å². The van der Waals surface area contributed by atoms with Crippen molar-refractivity contribution in [1.82, 2.24) is 0 Å². The SMILES string of the molecule is CC(OC(=O)CCCC(=O)Oc1ccc(Br)cc1)C(F)(F)F. The third kappa shape index (κ3) is 6.93. The van der Waals surface area contributed by atoms with Crippen molar-refractivity contribution >= 4 is 27.9 Å². The van der Waals surface area contributed by atoms with Crippen LogP contribution in [0.25, 0.3) is 0 Å². The fourth-order valence-corrected chi connectivity index (χ4v) is 1.65. The number of alkyl halides is 3. The first kappa shape index (κ1) is 18.5. The van der Waals surface area contributed by atoms with E-state index in [0.29, 0.717) is 5.75 Å². The second kappa shape index (κ2) is 8.17. The molecule has 0 aromatic heterocycles. The van der Waals surface area contributed by atoms with E-state index in [0.717, 1.165) is 11.4 Å². The van der Waals surface area contributed by atoms with Gasteiger partial charge in [-0.25, -0.2) is 0 Å². The van der Waals surface area contributed by atoms with Gasteiger partial charge in [-0.1, -0.05) is 15.9 Å². The molecule has 0 saturated carbocycles. The minimum atomic E-state index is -4.59. The number of hydrogen-bond acceptors (Lipinski definition) is 4. The van der Waals surface area contributed by atoms with E-state index in [1.807, 2.05) is 0 Å². The molecule has 4 nitrogen and oxygen atoms in total. The molecule has 0 N–H and O–H groups in total. The lowest BCUT2D eigenvalue weighted by atomic mass is 10.2. The molecular weight excluding hydrogens is 369 g/mol. The monoisotopic (exact) mass is 382 g/mol. The Bertz CT molecular complexity index is 514. The molecule has 8 heteroatoms. The number of benzene rings is 1. The number of hydrogen-bond donors (Lipinski definition) is 0. The van der Waals surface area contributed by atoms with Gasteiger partial charge in [0.15, 0.2) is 6.10 Å². The molecule has 1 aromatic carbocycles. The number of carbonyl (C=O) groups is 2. The fraction of sp³-hybridized carbons (Fsp3) is 0.429. The van der Waals surface area contributed by atoms with E-state index in [1.165, 1.54) is 0 Å². The summed E-state index contributed by atoms with van der Waals surface area (Å²) in [5.74, 6) is -1.22. The van der Waals surface area contributed by atoms with Gasteiger partial charge in [0.05, 0.1) is 0 Å². The molecule has 122 valence electrons. The minimum Gasteiger partial charge on any atom is -0.453 e. The van der Waals surface area contributed by atoms with Crippen LogP contribution in [0.15, 0.2) is 28.7 Å². The van der Waals surface area contributed by atoms with Crippen LogP contribution < -0.4 is 4.74 Å². The van der Waals surface area contributed by atoms with Gasteiger partial charge in [-0.15, -0.1) is 0 Å². The molecule has 0 aliphatic carbocycles. The van der Waals surface area contributed by atoms with Gasteiger partial charge >= 0.3 is 18.1 Å². The van der Waals surface area contributed by atoms with Gasteiger partial charge in [0.1, 0.15) is 5.75 Å². The lowest BCUT2D eigenvalue weighted by Crippen LogP contribution is -2.30. The van der Waals surface area contributed by atoms with Crippen molar-refractivity contribution in [1.29, 1.82) is 0 Å². The Morgan fingerprint density at radius 2 is 1.68 bits per heavy atom. The standard InChI is InChI=1S/C14H14BrF3O4/c1-9(14(16,17)18)21-12(19)3-2-4-13(20)22-11-7-5-10(15)6-8-11/h5-9H,2-4H2,1H3. The van der Waals surface area contributed by atoms with Gasteiger partial charge in [0.2, 0.25) is 0 Å². The highest BCUT2D eigenvalue weighted by Crippen LogP contribution is 2.23. The Labute approximate surface area is 133 Å². The van der Waals surface area contributed by atoms with Crippen molar-refractivity contribution in [2.24, 2.45) is 0 Å². The number of ether oxygens (including phenoxy) is 2. The lowest BCUT2D eigenvalue weighted by molar-refractivity contribution is -0.216. The largest absolute Gasteiger partial charge is 0.453 e. The van der Waals surface area contributed by atoms with Gasteiger partial charge < -0.3 is 9.47 Å². The quantitative estimate of drug-likeness (QED) is 0.550. The van der Waals surface area contributed by atoms with Gasteiger partial charge in [-0.2, -0.15) is 13.2 Å². The molecule has 0 aliphatic heterocycles. The third-order valence-electron chi connectivity index (χ3n) is 2.58. The molecule has 0 amide bonds. The lowest BCUT2D eigenvalue weighted by Gasteiger charge is -2.16. The molecular formula is C14H14BrF3O4. The smallest absolute Gasteiger partial charge is 0.425 e. The number of halogens is 4. The summed E-state index contributed by atoms with van der Waals surface area (Å²) in [4.78, 5) is 22.7. The van der Waals surface area contributed by atoms with Crippen LogP contribution in [0.1, 0.15) is 26.2 Å². The highest BCUT2D eigenvalue weighted by Gasteiger charge is 2.38. The van der Waals surface area contributed by atoms with E-state index in [1.54, 1.807) is 24.3 Å². The van der Waals surface area contributed by atoms with Gasteiger partial charge in [0, 0.05) is 17.3 Å². The van der Waals surface area contributed by atoms with Crippen LogP contribution >= 0.6 is 15.9 Å². The number of esters is 2. The zero-order chi connectivity index (χ0) is 16.8. The summed E-state index contributed by atoms with van der Waals surface area (Å²) < 4.78 is 46.6. The molecule has 1 aromatic rings. The zero-order valence-corrected chi connectivity index (χ0v) is 13.2. The molecule has 0 aliphatic rings. The van der Waals surface area contributed by atoms with Crippen LogP contribution in [0.5, 0.6) is 5.75 Å². The average Bonchev–Trinajstić information content (AvgIpc) is 2.40. The summed E-state index contributed by atoms with van der Waals surface area (Å²) in [6.07, 6.45) is -7.06. The molecule has 0 saturated heterocycles. The maximum atomic E-state index is 12.2. The summed E-state index contributed by atoms with van der Waals surface area (Å²) in [5, 5.41) is 0. The van der Waals surface area contributed by atoms with Crippen molar-refractivity contribution < 1.29 is 32.2 Å². The average molecular weight is 383 g/mol. The van der Waals surface area contributed by atoms with Crippen LogP contribution in [0.3, 0.4) is 0 Å². The summed E-state index contributed by atoms with van der Waals surface area (Å²) >= 11 is 3.23.